The van der Waals surface area contributed by atoms with Crippen LogP contribution in [0.5, 0.6) is 0 Å². The molecular formula is C14H13ClF2N2. The van der Waals surface area contributed by atoms with Crippen LogP contribution in [-0.2, 0) is 0 Å². The highest BCUT2D eigenvalue weighted by Crippen LogP contribution is 2.28. The molecule has 0 spiro atoms. The van der Waals surface area contributed by atoms with E-state index in [0.29, 0.717) is 11.1 Å². The molecule has 0 aliphatic heterocycles. The van der Waals surface area contributed by atoms with E-state index in [0.717, 1.165) is 0 Å². The first kappa shape index (κ1) is 13.9. The summed E-state index contributed by atoms with van der Waals surface area (Å²) in [5.41, 5.74) is 3.81. The van der Waals surface area contributed by atoms with E-state index in [-0.39, 0.29) is 16.4 Å². The second-order valence-corrected chi connectivity index (χ2v) is 4.66. The van der Waals surface area contributed by atoms with Gasteiger partial charge in [-0.3, -0.25) is 5.84 Å². The van der Waals surface area contributed by atoms with Crippen LogP contribution in [0.3, 0.4) is 0 Å². The summed E-state index contributed by atoms with van der Waals surface area (Å²) in [6.07, 6.45) is 0. The maximum atomic E-state index is 14.0. The van der Waals surface area contributed by atoms with Crippen LogP contribution in [0.2, 0.25) is 5.02 Å². The minimum atomic E-state index is -0.659. The maximum absolute atomic E-state index is 14.0. The zero-order valence-electron chi connectivity index (χ0n) is 10.3. The third-order valence-corrected chi connectivity index (χ3v) is 3.28. The van der Waals surface area contributed by atoms with Gasteiger partial charge in [-0.1, -0.05) is 35.9 Å². The molecule has 1 atom stereocenters. The molecule has 0 fully saturated rings. The Kier molecular flexibility index (Phi) is 4.14. The first-order valence-electron chi connectivity index (χ1n) is 5.70. The second-order valence-electron chi connectivity index (χ2n) is 4.25. The molecule has 100 valence electrons. The number of aryl methyl sites for hydroxylation is 1. The van der Waals surface area contributed by atoms with Gasteiger partial charge in [-0.25, -0.2) is 14.2 Å². The number of halogens is 3. The number of hydrogen-bond acceptors (Lipinski definition) is 2. The van der Waals surface area contributed by atoms with Crippen LogP contribution in [0.25, 0.3) is 0 Å². The third-order valence-electron chi connectivity index (χ3n) is 2.99. The van der Waals surface area contributed by atoms with Crippen molar-refractivity contribution in [3.05, 3.63) is 69.7 Å². The van der Waals surface area contributed by atoms with Crippen LogP contribution in [0.4, 0.5) is 8.78 Å². The van der Waals surface area contributed by atoms with Gasteiger partial charge in [0.15, 0.2) is 0 Å². The van der Waals surface area contributed by atoms with E-state index in [1.165, 1.54) is 12.1 Å². The highest BCUT2D eigenvalue weighted by molar-refractivity contribution is 6.30. The summed E-state index contributed by atoms with van der Waals surface area (Å²) in [6.45, 7) is 1.66. The molecular weight excluding hydrogens is 270 g/mol. The van der Waals surface area contributed by atoms with Crippen LogP contribution in [-0.4, -0.2) is 0 Å². The average Bonchev–Trinajstić information content (AvgIpc) is 2.39. The molecule has 0 saturated carbocycles. The van der Waals surface area contributed by atoms with Gasteiger partial charge in [-0.15, -0.1) is 0 Å². The minimum Gasteiger partial charge on any atom is -0.271 e. The molecule has 3 N–H and O–H groups in total. The normalized spacial score (nSPS) is 12.5. The van der Waals surface area contributed by atoms with E-state index in [1.54, 1.807) is 31.2 Å². The number of rotatable bonds is 3. The zero-order chi connectivity index (χ0) is 14.0. The van der Waals surface area contributed by atoms with Gasteiger partial charge >= 0.3 is 0 Å². The first-order valence-corrected chi connectivity index (χ1v) is 6.08. The lowest BCUT2D eigenvalue weighted by molar-refractivity contribution is 0.555. The summed E-state index contributed by atoms with van der Waals surface area (Å²) in [7, 11) is 0. The fourth-order valence-electron chi connectivity index (χ4n) is 1.90. The van der Waals surface area contributed by atoms with E-state index in [2.05, 4.69) is 5.43 Å². The lowest BCUT2D eigenvalue weighted by Crippen LogP contribution is -2.29. The summed E-state index contributed by atoms with van der Waals surface area (Å²) in [4.78, 5) is 0. The van der Waals surface area contributed by atoms with Crippen molar-refractivity contribution in [2.45, 2.75) is 13.0 Å². The van der Waals surface area contributed by atoms with E-state index < -0.39 is 11.9 Å². The molecule has 19 heavy (non-hydrogen) atoms. The van der Waals surface area contributed by atoms with E-state index in [4.69, 9.17) is 17.4 Å². The predicted molar refractivity (Wildman–Crippen MR) is 71.7 cm³/mol. The van der Waals surface area contributed by atoms with Crippen molar-refractivity contribution in [3.63, 3.8) is 0 Å². The van der Waals surface area contributed by atoms with Gasteiger partial charge in [-0.05, 0) is 30.2 Å². The lowest BCUT2D eigenvalue weighted by Gasteiger charge is -2.18. The van der Waals surface area contributed by atoms with Gasteiger partial charge in [0.1, 0.15) is 11.6 Å². The molecule has 0 aliphatic rings. The van der Waals surface area contributed by atoms with Crippen molar-refractivity contribution in [2.75, 3.05) is 0 Å². The summed E-state index contributed by atoms with van der Waals surface area (Å²) in [6, 6.07) is 8.62. The highest BCUT2D eigenvalue weighted by atomic mass is 35.5. The Hall–Kier alpha value is -1.49. The summed E-state index contributed by atoms with van der Waals surface area (Å²) in [5, 5.41) is 0.00494. The number of nitrogens with two attached hydrogens (primary N) is 1. The molecule has 2 aromatic carbocycles. The Labute approximate surface area is 115 Å². The SMILES string of the molecule is Cc1ccc(C(NN)c2cccc(Cl)c2F)cc1F. The molecule has 5 heteroatoms. The number of hydrazine groups is 1. The summed E-state index contributed by atoms with van der Waals surface area (Å²) in [5.74, 6) is 4.54. The van der Waals surface area contributed by atoms with Gasteiger partial charge in [0, 0.05) is 5.56 Å². The van der Waals surface area contributed by atoms with Crippen molar-refractivity contribution < 1.29 is 8.78 Å². The molecule has 1 unspecified atom stereocenters. The highest BCUT2D eigenvalue weighted by Gasteiger charge is 2.19. The monoisotopic (exact) mass is 282 g/mol. The average molecular weight is 283 g/mol. The van der Waals surface area contributed by atoms with Crippen LogP contribution in [0.15, 0.2) is 36.4 Å². The summed E-state index contributed by atoms with van der Waals surface area (Å²) >= 11 is 5.74. The molecule has 0 bridgehead atoms. The zero-order valence-corrected chi connectivity index (χ0v) is 11.0. The van der Waals surface area contributed by atoms with Crippen LogP contribution in [0.1, 0.15) is 22.7 Å². The number of benzene rings is 2. The largest absolute Gasteiger partial charge is 0.271 e. The van der Waals surface area contributed by atoms with Gasteiger partial charge in [0.05, 0.1) is 11.1 Å². The van der Waals surface area contributed by atoms with Crippen LogP contribution in [0, 0.1) is 18.6 Å². The van der Waals surface area contributed by atoms with Crippen molar-refractivity contribution in [2.24, 2.45) is 5.84 Å². The molecule has 0 heterocycles. The third kappa shape index (κ3) is 2.76. The smallest absolute Gasteiger partial charge is 0.146 e. The summed E-state index contributed by atoms with van der Waals surface area (Å²) < 4.78 is 27.6. The Bertz CT molecular complexity index is 602. The van der Waals surface area contributed by atoms with Crippen molar-refractivity contribution >= 4 is 11.6 Å². The predicted octanol–water partition coefficient (Wildman–Crippen LogP) is 3.48. The van der Waals surface area contributed by atoms with Crippen LogP contribution >= 0.6 is 11.6 Å². The molecule has 2 rings (SSSR count). The Balaban J connectivity index is 2.50. The fraction of sp³-hybridized carbons (Fsp3) is 0.143. The van der Waals surface area contributed by atoms with E-state index >= 15 is 0 Å². The standard InChI is InChI=1S/C14H13ClF2N2/c1-8-5-6-9(7-12(8)16)14(19-18)10-3-2-4-11(15)13(10)17/h2-7,14,19H,18H2,1H3. The van der Waals surface area contributed by atoms with E-state index in [9.17, 15) is 8.78 Å². The molecule has 2 nitrogen and oxygen atoms in total. The Morgan fingerprint density at radius 2 is 1.95 bits per heavy atom. The van der Waals surface area contributed by atoms with E-state index in [1.807, 2.05) is 0 Å². The molecule has 0 amide bonds. The molecule has 0 radical (unpaired) electrons. The number of hydrogen-bond donors (Lipinski definition) is 2. The maximum Gasteiger partial charge on any atom is 0.146 e. The van der Waals surface area contributed by atoms with Gasteiger partial charge in [0.25, 0.3) is 0 Å². The quantitative estimate of drug-likeness (QED) is 0.668. The van der Waals surface area contributed by atoms with Gasteiger partial charge < -0.3 is 0 Å². The van der Waals surface area contributed by atoms with Crippen LogP contribution < -0.4 is 11.3 Å². The Morgan fingerprint density at radius 1 is 1.21 bits per heavy atom. The van der Waals surface area contributed by atoms with Gasteiger partial charge in [-0.2, -0.15) is 0 Å². The van der Waals surface area contributed by atoms with Crippen molar-refractivity contribution in [1.29, 1.82) is 0 Å². The minimum absolute atomic E-state index is 0.00494. The fourth-order valence-corrected chi connectivity index (χ4v) is 2.08. The molecule has 2 aromatic rings. The topological polar surface area (TPSA) is 38.0 Å². The first-order chi connectivity index (χ1) is 9.04. The molecule has 0 saturated heterocycles. The second kappa shape index (κ2) is 5.65. The number of nitrogens with one attached hydrogen (secondary N) is 1. The lowest BCUT2D eigenvalue weighted by atomic mass is 9.97. The van der Waals surface area contributed by atoms with Crippen molar-refractivity contribution in [1.82, 2.24) is 5.43 Å². The van der Waals surface area contributed by atoms with Gasteiger partial charge in [0.2, 0.25) is 0 Å². The molecule has 0 aromatic heterocycles. The molecule has 0 aliphatic carbocycles. The Morgan fingerprint density at radius 3 is 2.58 bits per heavy atom. The van der Waals surface area contributed by atoms with Crippen molar-refractivity contribution in [3.8, 4) is 0 Å².